The predicted octanol–water partition coefficient (Wildman–Crippen LogP) is 3.94. The molecule has 2 aromatic rings. The zero-order valence-corrected chi connectivity index (χ0v) is 12.1. The highest BCUT2D eigenvalue weighted by atomic mass is 35.5. The van der Waals surface area contributed by atoms with Crippen LogP contribution in [0.2, 0.25) is 5.02 Å². The summed E-state index contributed by atoms with van der Waals surface area (Å²) in [4.78, 5) is 0. The molecule has 2 aromatic carbocycles. The van der Waals surface area contributed by atoms with Crippen LogP contribution < -0.4 is 4.74 Å². The van der Waals surface area contributed by atoms with Gasteiger partial charge in [-0.05, 0) is 36.8 Å². The Labute approximate surface area is 122 Å². The van der Waals surface area contributed by atoms with Gasteiger partial charge in [0.1, 0.15) is 11.6 Å². The van der Waals surface area contributed by atoms with Gasteiger partial charge < -0.3 is 9.84 Å². The second kappa shape index (κ2) is 5.81. The van der Waals surface area contributed by atoms with Crippen LogP contribution in [0.3, 0.4) is 0 Å². The summed E-state index contributed by atoms with van der Waals surface area (Å²) < 4.78 is 18.6. The van der Waals surface area contributed by atoms with Gasteiger partial charge >= 0.3 is 0 Å². The first-order valence-electron chi connectivity index (χ1n) is 6.24. The summed E-state index contributed by atoms with van der Waals surface area (Å²) in [6.07, 6.45) is 0.198. The summed E-state index contributed by atoms with van der Waals surface area (Å²) in [6, 6.07) is 11.3. The molecule has 0 saturated carbocycles. The molecule has 0 radical (unpaired) electrons. The lowest BCUT2D eigenvalue weighted by Crippen LogP contribution is -2.25. The van der Waals surface area contributed by atoms with E-state index in [1.54, 1.807) is 26.2 Å². The molecular formula is C16H16ClFO2. The molecule has 2 rings (SSSR count). The van der Waals surface area contributed by atoms with Crippen LogP contribution in [0.1, 0.15) is 18.1 Å². The quantitative estimate of drug-likeness (QED) is 0.925. The Balaban J connectivity index is 2.37. The largest absolute Gasteiger partial charge is 0.496 e. The van der Waals surface area contributed by atoms with Crippen molar-refractivity contribution in [1.82, 2.24) is 0 Å². The second-order valence-electron chi connectivity index (χ2n) is 4.89. The zero-order chi connectivity index (χ0) is 14.8. The number of hydrogen-bond acceptors (Lipinski definition) is 2. The third-order valence-corrected chi connectivity index (χ3v) is 3.60. The van der Waals surface area contributed by atoms with Gasteiger partial charge in [0.05, 0.1) is 12.7 Å². The average molecular weight is 295 g/mol. The maximum absolute atomic E-state index is 13.3. The molecule has 20 heavy (non-hydrogen) atoms. The summed E-state index contributed by atoms with van der Waals surface area (Å²) in [6.45, 7) is 1.66. The lowest BCUT2D eigenvalue weighted by Gasteiger charge is -2.26. The van der Waals surface area contributed by atoms with Gasteiger partial charge in [0.15, 0.2) is 0 Å². The molecule has 0 bridgehead atoms. The van der Waals surface area contributed by atoms with E-state index in [0.717, 1.165) is 0 Å². The van der Waals surface area contributed by atoms with E-state index >= 15 is 0 Å². The summed E-state index contributed by atoms with van der Waals surface area (Å²) in [5, 5.41) is 11.1. The SMILES string of the molecule is COc1ccccc1C(C)(O)Cc1cc(F)ccc1Cl. The highest BCUT2D eigenvalue weighted by Crippen LogP contribution is 2.34. The minimum atomic E-state index is -1.20. The average Bonchev–Trinajstić information content (AvgIpc) is 2.42. The van der Waals surface area contributed by atoms with E-state index in [1.807, 2.05) is 12.1 Å². The maximum Gasteiger partial charge on any atom is 0.124 e. The fraction of sp³-hybridized carbons (Fsp3) is 0.250. The number of rotatable bonds is 4. The van der Waals surface area contributed by atoms with Gasteiger partial charge in [-0.1, -0.05) is 29.8 Å². The Morgan fingerprint density at radius 3 is 2.65 bits per heavy atom. The zero-order valence-electron chi connectivity index (χ0n) is 11.4. The molecule has 2 nitrogen and oxygen atoms in total. The molecule has 0 aliphatic heterocycles. The van der Waals surface area contributed by atoms with Gasteiger partial charge in [-0.15, -0.1) is 0 Å². The number of benzene rings is 2. The van der Waals surface area contributed by atoms with E-state index in [1.165, 1.54) is 18.2 Å². The minimum absolute atomic E-state index is 0.198. The Kier molecular flexibility index (Phi) is 4.31. The molecular weight excluding hydrogens is 279 g/mol. The number of hydrogen-bond donors (Lipinski definition) is 1. The number of para-hydroxylation sites is 1. The minimum Gasteiger partial charge on any atom is -0.496 e. The van der Waals surface area contributed by atoms with Crippen LogP contribution in [0, 0.1) is 5.82 Å². The van der Waals surface area contributed by atoms with Crippen molar-refractivity contribution < 1.29 is 14.2 Å². The Hall–Kier alpha value is -1.58. The molecule has 1 atom stereocenters. The highest BCUT2D eigenvalue weighted by molar-refractivity contribution is 6.31. The number of halogens is 2. The Morgan fingerprint density at radius 1 is 1.25 bits per heavy atom. The van der Waals surface area contributed by atoms with Crippen molar-refractivity contribution in [3.8, 4) is 5.75 Å². The molecule has 0 spiro atoms. The predicted molar refractivity (Wildman–Crippen MR) is 77.7 cm³/mol. The lowest BCUT2D eigenvalue weighted by molar-refractivity contribution is 0.0549. The summed E-state index contributed by atoms with van der Waals surface area (Å²) in [7, 11) is 1.55. The van der Waals surface area contributed by atoms with Crippen molar-refractivity contribution in [2.24, 2.45) is 0 Å². The molecule has 1 N–H and O–H groups in total. The van der Waals surface area contributed by atoms with E-state index in [2.05, 4.69) is 0 Å². The van der Waals surface area contributed by atoms with Gasteiger partial charge in [-0.2, -0.15) is 0 Å². The third kappa shape index (κ3) is 3.11. The van der Waals surface area contributed by atoms with Crippen molar-refractivity contribution in [3.63, 3.8) is 0 Å². The van der Waals surface area contributed by atoms with Gasteiger partial charge in [0.2, 0.25) is 0 Å². The fourth-order valence-corrected chi connectivity index (χ4v) is 2.42. The monoisotopic (exact) mass is 294 g/mol. The first-order chi connectivity index (χ1) is 9.44. The van der Waals surface area contributed by atoms with E-state index in [9.17, 15) is 9.50 Å². The fourth-order valence-electron chi connectivity index (χ4n) is 2.23. The van der Waals surface area contributed by atoms with Crippen molar-refractivity contribution in [1.29, 1.82) is 0 Å². The molecule has 1 unspecified atom stereocenters. The summed E-state index contributed by atoms with van der Waals surface area (Å²) in [5.41, 5.74) is -0.00488. The molecule has 4 heteroatoms. The van der Waals surface area contributed by atoms with Gasteiger partial charge in [0.25, 0.3) is 0 Å². The molecule has 0 heterocycles. The lowest BCUT2D eigenvalue weighted by atomic mass is 9.88. The van der Waals surface area contributed by atoms with Crippen LogP contribution in [0.15, 0.2) is 42.5 Å². The van der Waals surface area contributed by atoms with Gasteiger partial charge in [-0.3, -0.25) is 0 Å². The first-order valence-corrected chi connectivity index (χ1v) is 6.61. The van der Waals surface area contributed by atoms with E-state index in [-0.39, 0.29) is 12.2 Å². The molecule has 0 aromatic heterocycles. The topological polar surface area (TPSA) is 29.5 Å². The van der Waals surface area contributed by atoms with E-state index in [0.29, 0.717) is 21.9 Å². The maximum atomic E-state index is 13.3. The smallest absolute Gasteiger partial charge is 0.124 e. The van der Waals surface area contributed by atoms with E-state index < -0.39 is 5.60 Å². The number of ether oxygens (including phenoxy) is 1. The van der Waals surface area contributed by atoms with Gasteiger partial charge in [-0.25, -0.2) is 4.39 Å². The van der Waals surface area contributed by atoms with Crippen LogP contribution in [0.25, 0.3) is 0 Å². The molecule has 0 aliphatic rings. The second-order valence-corrected chi connectivity index (χ2v) is 5.29. The standard InChI is InChI=1S/C16H16ClFO2/c1-16(19,13-5-3-4-6-15(13)20-2)10-11-9-12(18)7-8-14(11)17/h3-9,19H,10H2,1-2H3. The first kappa shape index (κ1) is 14.8. The molecule has 0 aliphatic carbocycles. The number of aliphatic hydroxyl groups is 1. The summed E-state index contributed by atoms with van der Waals surface area (Å²) >= 11 is 6.05. The molecule has 106 valence electrons. The highest BCUT2D eigenvalue weighted by Gasteiger charge is 2.28. The summed E-state index contributed by atoms with van der Waals surface area (Å²) in [5.74, 6) is 0.213. The van der Waals surface area contributed by atoms with Gasteiger partial charge in [0, 0.05) is 17.0 Å². The third-order valence-electron chi connectivity index (χ3n) is 3.23. The van der Waals surface area contributed by atoms with Crippen LogP contribution in [0.5, 0.6) is 5.75 Å². The van der Waals surface area contributed by atoms with E-state index in [4.69, 9.17) is 16.3 Å². The Bertz CT molecular complexity index is 611. The Morgan fingerprint density at radius 2 is 1.95 bits per heavy atom. The van der Waals surface area contributed by atoms with Crippen molar-refractivity contribution in [2.75, 3.05) is 7.11 Å². The van der Waals surface area contributed by atoms with Crippen molar-refractivity contribution >= 4 is 11.6 Å². The van der Waals surface area contributed by atoms with Crippen LogP contribution in [-0.2, 0) is 12.0 Å². The normalized spacial score (nSPS) is 13.8. The van der Waals surface area contributed by atoms with Crippen LogP contribution >= 0.6 is 11.6 Å². The van der Waals surface area contributed by atoms with Crippen molar-refractivity contribution in [2.45, 2.75) is 18.9 Å². The number of methoxy groups -OCH3 is 1. The van der Waals surface area contributed by atoms with Crippen molar-refractivity contribution in [3.05, 3.63) is 64.4 Å². The van der Waals surface area contributed by atoms with Crippen LogP contribution in [-0.4, -0.2) is 12.2 Å². The van der Waals surface area contributed by atoms with Crippen LogP contribution in [0.4, 0.5) is 4.39 Å². The molecule has 0 saturated heterocycles. The molecule has 0 amide bonds. The molecule has 0 fully saturated rings.